The van der Waals surface area contributed by atoms with Gasteiger partial charge >= 0.3 is 6.61 Å². The molecule has 1 unspecified atom stereocenters. The van der Waals surface area contributed by atoms with E-state index in [-0.39, 0.29) is 42.2 Å². The topological polar surface area (TPSA) is 102 Å². The van der Waals surface area contributed by atoms with Gasteiger partial charge in [-0.25, -0.2) is 0 Å². The lowest BCUT2D eigenvalue weighted by atomic mass is 10.0. The number of aromatic nitrogens is 1. The van der Waals surface area contributed by atoms with Gasteiger partial charge in [0, 0.05) is 31.6 Å². The van der Waals surface area contributed by atoms with Crippen LogP contribution in [-0.2, 0) is 14.3 Å². The Morgan fingerprint density at radius 3 is 2.59 bits per heavy atom. The number of carbonyl (C=O) groups is 2. The van der Waals surface area contributed by atoms with E-state index < -0.39 is 12.7 Å². The van der Waals surface area contributed by atoms with Crippen LogP contribution >= 0.6 is 0 Å². The number of fused-ring (bicyclic) bond motifs is 1. The van der Waals surface area contributed by atoms with Crippen molar-refractivity contribution in [3.63, 3.8) is 0 Å². The molecule has 2 aromatic carbocycles. The number of anilines is 1. The van der Waals surface area contributed by atoms with Crippen molar-refractivity contribution in [2.45, 2.75) is 32.9 Å². The quantitative estimate of drug-likeness (QED) is 0.442. The number of halogens is 2. The fourth-order valence-corrected chi connectivity index (χ4v) is 4.48. The highest BCUT2D eigenvalue weighted by atomic mass is 19.3. The summed E-state index contributed by atoms with van der Waals surface area (Å²) in [4.78, 5) is 26.7. The van der Waals surface area contributed by atoms with Gasteiger partial charge in [0.25, 0.3) is 0 Å². The predicted molar refractivity (Wildman–Crippen MR) is 132 cm³/mol. The number of hydrogen-bond donors (Lipinski definition) is 2. The predicted octanol–water partition coefficient (Wildman–Crippen LogP) is 4.14. The van der Waals surface area contributed by atoms with E-state index in [1.54, 1.807) is 46.9 Å². The molecule has 2 N–H and O–H groups in total. The van der Waals surface area contributed by atoms with Gasteiger partial charge in [-0.1, -0.05) is 18.2 Å². The largest absolute Gasteiger partial charge is 0.494 e. The highest BCUT2D eigenvalue weighted by Gasteiger charge is 2.27. The number of nitrogens with one attached hydrogen (secondary N) is 1. The van der Waals surface area contributed by atoms with Crippen LogP contribution in [0.3, 0.4) is 0 Å². The Hall–Kier alpha value is -3.86. The molecule has 1 aliphatic rings. The SMILES string of the molecule is CCOc1cc(C(CC(=O)N2CCOCC2)n2cc3cccc(NC(C)=O)c3c2O)ccc1OC(F)F. The van der Waals surface area contributed by atoms with Crippen molar-refractivity contribution in [2.75, 3.05) is 38.2 Å². The Morgan fingerprint density at radius 2 is 1.92 bits per heavy atom. The fourth-order valence-electron chi connectivity index (χ4n) is 4.48. The lowest BCUT2D eigenvalue weighted by Crippen LogP contribution is -2.41. The van der Waals surface area contributed by atoms with Gasteiger partial charge in [0.05, 0.1) is 43.4 Å². The Kier molecular flexibility index (Phi) is 8.12. The van der Waals surface area contributed by atoms with Gasteiger partial charge < -0.3 is 34.1 Å². The number of carbonyl (C=O) groups excluding carboxylic acids is 2. The van der Waals surface area contributed by atoms with E-state index >= 15 is 0 Å². The van der Waals surface area contributed by atoms with E-state index in [0.717, 1.165) is 0 Å². The third-order valence-corrected chi connectivity index (χ3v) is 6.09. The molecular formula is C26H29F2N3O6. The first-order chi connectivity index (χ1) is 17.8. The van der Waals surface area contributed by atoms with Crippen LogP contribution in [0.4, 0.5) is 14.5 Å². The second-order valence-electron chi connectivity index (χ2n) is 8.54. The van der Waals surface area contributed by atoms with Crippen LogP contribution in [0.25, 0.3) is 10.8 Å². The number of alkyl halides is 2. The van der Waals surface area contributed by atoms with Gasteiger partial charge in [0.15, 0.2) is 11.5 Å². The molecule has 9 nitrogen and oxygen atoms in total. The smallest absolute Gasteiger partial charge is 0.387 e. The molecule has 2 amide bonds. The van der Waals surface area contributed by atoms with Gasteiger partial charge in [0.2, 0.25) is 17.7 Å². The van der Waals surface area contributed by atoms with Gasteiger partial charge in [-0.15, -0.1) is 0 Å². The molecule has 4 rings (SSSR count). The summed E-state index contributed by atoms with van der Waals surface area (Å²) in [5.41, 5.74) is 0.971. The number of hydrogen-bond acceptors (Lipinski definition) is 6. The zero-order valence-electron chi connectivity index (χ0n) is 20.6. The van der Waals surface area contributed by atoms with Crippen molar-refractivity contribution in [3.05, 3.63) is 48.2 Å². The molecule has 1 atom stereocenters. The monoisotopic (exact) mass is 517 g/mol. The molecule has 1 aliphatic heterocycles. The number of morpholine rings is 1. The Labute approximate surface area is 212 Å². The average Bonchev–Trinajstić information content (AvgIpc) is 3.20. The summed E-state index contributed by atoms with van der Waals surface area (Å²) in [5.74, 6) is -0.633. The van der Waals surface area contributed by atoms with Crippen molar-refractivity contribution in [1.82, 2.24) is 9.47 Å². The molecule has 0 saturated carbocycles. The van der Waals surface area contributed by atoms with Crippen LogP contribution in [0.5, 0.6) is 17.4 Å². The summed E-state index contributed by atoms with van der Waals surface area (Å²) >= 11 is 0. The minimum atomic E-state index is -3.03. The Bertz CT molecular complexity index is 1270. The molecular weight excluding hydrogens is 488 g/mol. The summed E-state index contributed by atoms with van der Waals surface area (Å²) in [6.07, 6.45) is 1.67. The summed E-state index contributed by atoms with van der Waals surface area (Å²) in [6, 6.07) is 8.95. The zero-order valence-corrected chi connectivity index (χ0v) is 20.6. The minimum Gasteiger partial charge on any atom is -0.494 e. The number of ether oxygens (including phenoxy) is 3. The molecule has 1 saturated heterocycles. The second-order valence-corrected chi connectivity index (χ2v) is 8.54. The maximum absolute atomic E-state index is 13.3. The lowest BCUT2D eigenvalue weighted by Gasteiger charge is -2.29. The van der Waals surface area contributed by atoms with Gasteiger partial charge in [-0.3, -0.25) is 9.59 Å². The van der Waals surface area contributed by atoms with Crippen molar-refractivity contribution in [3.8, 4) is 17.4 Å². The Morgan fingerprint density at radius 1 is 1.16 bits per heavy atom. The van der Waals surface area contributed by atoms with E-state index in [2.05, 4.69) is 10.1 Å². The van der Waals surface area contributed by atoms with E-state index in [0.29, 0.717) is 48.3 Å². The third-order valence-electron chi connectivity index (χ3n) is 6.09. The molecule has 0 bridgehead atoms. The summed E-state index contributed by atoms with van der Waals surface area (Å²) in [7, 11) is 0. The highest BCUT2D eigenvalue weighted by Crippen LogP contribution is 2.40. The van der Waals surface area contributed by atoms with E-state index in [1.807, 2.05) is 0 Å². The third kappa shape index (κ3) is 5.93. The number of nitrogens with zero attached hydrogens (tertiary/aromatic N) is 2. The molecule has 0 aliphatic carbocycles. The van der Waals surface area contributed by atoms with E-state index in [1.165, 1.54) is 19.1 Å². The Balaban J connectivity index is 1.81. The first-order valence-electron chi connectivity index (χ1n) is 12.0. The average molecular weight is 518 g/mol. The molecule has 2 heterocycles. The van der Waals surface area contributed by atoms with Crippen LogP contribution in [0.2, 0.25) is 0 Å². The van der Waals surface area contributed by atoms with Gasteiger partial charge in [0.1, 0.15) is 0 Å². The fraction of sp³-hybridized carbons (Fsp3) is 0.385. The van der Waals surface area contributed by atoms with E-state index in [4.69, 9.17) is 9.47 Å². The van der Waals surface area contributed by atoms with Crippen molar-refractivity contribution >= 4 is 28.3 Å². The maximum Gasteiger partial charge on any atom is 0.387 e. The molecule has 0 radical (unpaired) electrons. The first-order valence-corrected chi connectivity index (χ1v) is 12.0. The normalized spacial score (nSPS) is 14.6. The molecule has 37 heavy (non-hydrogen) atoms. The summed E-state index contributed by atoms with van der Waals surface area (Å²) in [6.45, 7) is 2.02. The lowest BCUT2D eigenvalue weighted by molar-refractivity contribution is -0.135. The molecule has 11 heteroatoms. The number of amides is 2. The summed E-state index contributed by atoms with van der Waals surface area (Å²) < 4.78 is 42.9. The molecule has 198 valence electrons. The van der Waals surface area contributed by atoms with Crippen LogP contribution in [0.15, 0.2) is 42.6 Å². The maximum atomic E-state index is 13.3. The molecule has 3 aromatic rings. The van der Waals surface area contributed by atoms with Crippen LogP contribution in [-0.4, -0.2) is 65.9 Å². The molecule has 1 aromatic heterocycles. The molecule has 0 spiro atoms. The zero-order chi connectivity index (χ0) is 26.5. The first kappa shape index (κ1) is 26.2. The van der Waals surface area contributed by atoms with Gasteiger partial charge in [-0.2, -0.15) is 8.78 Å². The van der Waals surface area contributed by atoms with E-state index in [9.17, 15) is 23.5 Å². The van der Waals surface area contributed by atoms with Crippen LogP contribution in [0, 0.1) is 0 Å². The number of benzene rings is 2. The van der Waals surface area contributed by atoms with Gasteiger partial charge in [-0.05, 0) is 30.7 Å². The van der Waals surface area contributed by atoms with Crippen molar-refractivity contribution in [2.24, 2.45) is 0 Å². The van der Waals surface area contributed by atoms with Crippen LogP contribution in [0.1, 0.15) is 31.9 Å². The minimum absolute atomic E-state index is 0.0232. The highest BCUT2D eigenvalue weighted by molar-refractivity contribution is 6.04. The number of aromatic hydroxyl groups is 1. The standard InChI is InChI=1S/C26H29F2N3O6/c1-3-36-22-13-17(7-8-21(22)37-26(27)28)20(14-23(33)30-9-11-35-12-10-30)31-15-18-5-4-6-19(29-16(2)32)24(18)25(31)34/h4-8,13,15,20,26,34H,3,9-12,14H2,1-2H3,(H,29,32). The number of rotatable bonds is 9. The van der Waals surface area contributed by atoms with Crippen molar-refractivity contribution in [1.29, 1.82) is 0 Å². The van der Waals surface area contributed by atoms with Crippen molar-refractivity contribution < 1.29 is 37.7 Å². The summed E-state index contributed by atoms with van der Waals surface area (Å²) in [5, 5.41) is 15.1. The van der Waals surface area contributed by atoms with Crippen LogP contribution < -0.4 is 14.8 Å². The second kappa shape index (κ2) is 11.5. The molecule has 1 fully saturated rings.